The molecule has 0 N–H and O–H groups in total. The van der Waals surface area contributed by atoms with Crippen LogP contribution in [0.2, 0.25) is 0 Å². The van der Waals surface area contributed by atoms with E-state index in [0.717, 1.165) is 32.1 Å². The topological polar surface area (TPSA) is 55.9 Å². The van der Waals surface area contributed by atoms with Crippen LogP contribution in [0.4, 0.5) is 0 Å². The van der Waals surface area contributed by atoms with Crippen LogP contribution in [0.5, 0.6) is 0 Å². The van der Waals surface area contributed by atoms with Crippen molar-refractivity contribution in [3.63, 3.8) is 0 Å². The zero-order chi connectivity index (χ0) is 18.2. The monoisotopic (exact) mass is 338 g/mol. The number of hydrogen-bond donors (Lipinski definition) is 0. The molecule has 2 aliphatic rings. The Morgan fingerprint density at radius 2 is 1.42 bits per heavy atom. The van der Waals surface area contributed by atoms with Crippen LogP contribution < -0.4 is 0 Å². The molecule has 0 amide bonds. The maximum atomic E-state index is 13.5. The first kappa shape index (κ1) is 19.4. The van der Waals surface area contributed by atoms with Gasteiger partial charge >= 0.3 is 5.97 Å². The summed E-state index contributed by atoms with van der Waals surface area (Å²) in [5.41, 5.74) is -1.84. The highest BCUT2D eigenvalue weighted by Gasteiger charge is 2.71. The minimum Gasteiger partial charge on any atom is -0.466 e. The van der Waals surface area contributed by atoms with Gasteiger partial charge < -0.3 is 9.47 Å². The molecule has 2 rings (SSSR count). The number of carbonyl (C=O) groups is 2. The molecule has 0 aliphatic carbocycles. The van der Waals surface area contributed by atoms with Gasteiger partial charge in [0.2, 0.25) is 0 Å². The van der Waals surface area contributed by atoms with E-state index in [-0.39, 0.29) is 22.8 Å². The number of Topliss-reactive ketones (excluding diaryl/α,β-unsaturated/α-hetero) is 1. The smallest absolute Gasteiger partial charge is 0.305 e. The summed E-state index contributed by atoms with van der Waals surface area (Å²) < 4.78 is 11.4. The minimum atomic E-state index is -0.644. The van der Waals surface area contributed by atoms with Crippen molar-refractivity contribution in [2.24, 2.45) is 10.8 Å². The fourth-order valence-corrected chi connectivity index (χ4v) is 3.81. The van der Waals surface area contributed by atoms with Crippen LogP contribution in [-0.4, -0.2) is 29.6 Å². The number of esters is 1. The van der Waals surface area contributed by atoms with Gasteiger partial charge in [0.05, 0.1) is 6.61 Å². The number of hydrogen-bond acceptors (Lipinski definition) is 4. The van der Waals surface area contributed by atoms with Crippen LogP contribution in [0, 0.1) is 10.8 Å². The summed E-state index contributed by atoms with van der Waals surface area (Å²) in [6.07, 6.45) is 5.78. The third kappa shape index (κ3) is 3.40. The molecule has 2 heterocycles. The van der Waals surface area contributed by atoms with Gasteiger partial charge in [-0.15, -0.1) is 0 Å². The van der Waals surface area contributed by atoms with Crippen molar-refractivity contribution < 1.29 is 19.1 Å². The summed E-state index contributed by atoms with van der Waals surface area (Å²) in [5.74, 6) is 0.0866. The molecular weight excluding hydrogens is 304 g/mol. The van der Waals surface area contributed by atoms with Crippen molar-refractivity contribution in [3.05, 3.63) is 0 Å². The van der Waals surface area contributed by atoms with Crippen LogP contribution in [-0.2, 0) is 19.1 Å². The molecule has 4 nitrogen and oxygen atoms in total. The molecule has 0 bridgehead atoms. The van der Waals surface area contributed by atoms with Crippen LogP contribution in [0.25, 0.3) is 0 Å². The second kappa shape index (κ2) is 6.44. The van der Waals surface area contributed by atoms with Crippen LogP contribution in [0.15, 0.2) is 0 Å². The number of carbonyl (C=O) groups excluding carboxylic acids is 2. The number of ketones is 1. The Labute approximate surface area is 146 Å². The quantitative estimate of drug-likeness (QED) is 0.484. The van der Waals surface area contributed by atoms with Gasteiger partial charge in [0, 0.05) is 11.8 Å². The number of epoxide rings is 1. The highest BCUT2D eigenvalue weighted by molar-refractivity contribution is 5.96. The lowest BCUT2D eigenvalue weighted by molar-refractivity contribution is -0.146. The lowest BCUT2D eigenvalue weighted by Crippen LogP contribution is -2.49. The molecule has 0 aromatic carbocycles. The summed E-state index contributed by atoms with van der Waals surface area (Å²) >= 11 is 0. The first-order valence-electron chi connectivity index (χ1n) is 9.37. The zero-order valence-electron chi connectivity index (χ0n) is 16.3. The lowest BCUT2D eigenvalue weighted by atomic mass is 9.60. The third-order valence-corrected chi connectivity index (χ3v) is 6.64. The highest BCUT2D eigenvalue weighted by Crippen LogP contribution is 2.57. The predicted octanol–water partition coefficient (Wildman–Crippen LogP) is 4.44. The molecule has 0 aromatic rings. The van der Waals surface area contributed by atoms with Crippen LogP contribution in [0.1, 0.15) is 86.5 Å². The molecule has 0 radical (unpaired) electrons. The van der Waals surface area contributed by atoms with Crippen molar-refractivity contribution in [3.8, 4) is 0 Å². The zero-order valence-corrected chi connectivity index (χ0v) is 16.3. The minimum absolute atomic E-state index is 0.116. The van der Waals surface area contributed by atoms with Gasteiger partial charge in [-0.05, 0) is 44.9 Å². The standard InChI is InChI=1S/C20H34O4/c1-17(2)13-14-23-15(21)11-9-7-8-10-12-20(19(5,6)24-20)16(22)18(17,3)4/h7-14H2,1-6H3. The van der Waals surface area contributed by atoms with E-state index in [1.54, 1.807) is 0 Å². The molecule has 2 fully saturated rings. The van der Waals surface area contributed by atoms with Crippen molar-refractivity contribution >= 4 is 11.8 Å². The Morgan fingerprint density at radius 3 is 2.00 bits per heavy atom. The predicted molar refractivity (Wildman–Crippen MR) is 93.7 cm³/mol. The maximum absolute atomic E-state index is 13.5. The normalized spacial score (nSPS) is 33.6. The summed E-state index contributed by atoms with van der Waals surface area (Å²) in [7, 11) is 0. The van der Waals surface area contributed by atoms with E-state index in [1.165, 1.54) is 0 Å². The van der Waals surface area contributed by atoms with Gasteiger partial charge in [0.15, 0.2) is 11.4 Å². The fourth-order valence-electron chi connectivity index (χ4n) is 3.81. The van der Waals surface area contributed by atoms with Gasteiger partial charge in [-0.2, -0.15) is 0 Å². The average molecular weight is 338 g/mol. The summed E-state index contributed by atoms with van der Waals surface area (Å²) in [5, 5.41) is 0. The molecule has 2 saturated heterocycles. The van der Waals surface area contributed by atoms with Gasteiger partial charge in [0.25, 0.3) is 0 Å². The van der Waals surface area contributed by atoms with Crippen molar-refractivity contribution in [2.45, 2.75) is 97.7 Å². The van der Waals surface area contributed by atoms with Crippen molar-refractivity contribution in [1.82, 2.24) is 0 Å². The summed E-state index contributed by atoms with van der Waals surface area (Å²) in [6, 6.07) is 0. The molecule has 2 aliphatic heterocycles. The first-order chi connectivity index (χ1) is 11.0. The van der Waals surface area contributed by atoms with E-state index in [2.05, 4.69) is 13.8 Å². The third-order valence-electron chi connectivity index (χ3n) is 6.64. The number of cyclic esters (lactones) is 1. The average Bonchev–Trinajstić information content (AvgIpc) is 3.03. The lowest BCUT2D eigenvalue weighted by Gasteiger charge is -2.42. The molecule has 1 unspecified atom stereocenters. The Morgan fingerprint density at radius 1 is 0.833 bits per heavy atom. The molecule has 1 atom stereocenters. The molecule has 0 saturated carbocycles. The highest BCUT2D eigenvalue weighted by atomic mass is 16.6. The molecule has 4 heteroatoms. The van der Waals surface area contributed by atoms with E-state index < -0.39 is 11.0 Å². The maximum Gasteiger partial charge on any atom is 0.305 e. The largest absolute Gasteiger partial charge is 0.466 e. The fraction of sp³-hybridized carbons (Fsp3) is 0.900. The van der Waals surface area contributed by atoms with Crippen molar-refractivity contribution in [2.75, 3.05) is 6.61 Å². The van der Waals surface area contributed by atoms with Gasteiger partial charge in [-0.3, -0.25) is 9.59 Å². The number of rotatable bonds is 0. The summed E-state index contributed by atoms with van der Waals surface area (Å²) in [6.45, 7) is 12.6. The second-order valence-corrected chi connectivity index (χ2v) is 9.16. The molecule has 138 valence electrons. The molecule has 1 spiro atoms. The van der Waals surface area contributed by atoms with Crippen LogP contribution >= 0.6 is 0 Å². The first-order valence-corrected chi connectivity index (χ1v) is 9.37. The number of ether oxygens (including phenoxy) is 2. The van der Waals surface area contributed by atoms with E-state index >= 15 is 0 Å². The molecular formula is C20H34O4. The second-order valence-electron chi connectivity index (χ2n) is 9.16. The molecule has 24 heavy (non-hydrogen) atoms. The van der Waals surface area contributed by atoms with Crippen LogP contribution in [0.3, 0.4) is 0 Å². The van der Waals surface area contributed by atoms with Gasteiger partial charge in [0.1, 0.15) is 5.60 Å². The molecule has 0 aromatic heterocycles. The van der Waals surface area contributed by atoms with Gasteiger partial charge in [-0.25, -0.2) is 0 Å². The Kier molecular flexibility index (Phi) is 5.21. The van der Waals surface area contributed by atoms with E-state index in [9.17, 15) is 9.59 Å². The Hall–Kier alpha value is -0.900. The summed E-state index contributed by atoms with van der Waals surface area (Å²) in [4.78, 5) is 25.3. The Bertz CT molecular complexity index is 504. The Balaban J connectivity index is 2.24. The van der Waals surface area contributed by atoms with Gasteiger partial charge in [-0.1, -0.05) is 40.5 Å². The van der Waals surface area contributed by atoms with Crippen molar-refractivity contribution in [1.29, 1.82) is 0 Å². The van der Waals surface area contributed by atoms with E-state index in [0.29, 0.717) is 19.4 Å². The SMILES string of the molecule is CC1(C)CCOC(=O)CCCCCCC2(OC2(C)C)C(=O)C1(C)C. The van der Waals surface area contributed by atoms with E-state index in [4.69, 9.17) is 9.47 Å². The van der Waals surface area contributed by atoms with E-state index in [1.807, 2.05) is 27.7 Å².